The molecule has 0 radical (unpaired) electrons. The van der Waals surface area contributed by atoms with Gasteiger partial charge in [-0.2, -0.15) is 0 Å². The molecule has 0 saturated heterocycles. The average Bonchev–Trinajstić information content (AvgIpc) is 3.24. The van der Waals surface area contributed by atoms with Crippen molar-refractivity contribution in [1.82, 2.24) is 9.71 Å². The molecule has 2 aromatic heterocycles. The Morgan fingerprint density at radius 2 is 1.93 bits per heavy atom. The summed E-state index contributed by atoms with van der Waals surface area (Å²) in [6.45, 7) is 1.32. The van der Waals surface area contributed by atoms with Gasteiger partial charge >= 0.3 is 0 Å². The van der Waals surface area contributed by atoms with Crippen LogP contribution in [0.15, 0.2) is 24.3 Å². The molecule has 4 rings (SSSR count). The van der Waals surface area contributed by atoms with E-state index in [2.05, 4.69) is 15.0 Å². The van der Waals surface area contributed by atoms with Crippen LogP contribution in [0.25, 0.3) is 10.2 Å². The smallest absolute Gasteiger partial charge is 0.267 e. The number of carbonyl (C=O) groups is 1. The van der Waals surface area contributed by atoms with Crippen LogP contribution in [0.3, 0.4) is 0 Å². The van der Waals surface area contributed by atoms with E-state index in [4.69, 9.17) is 9.47 Å². The minimum atomic E-state index is -3.21. The third-order valence-corrected chi connectivity index (χ3v) is 6.70. The predicted molar refractivity (Wildman–Crippen MR) is 109 cm³/mol. The van der Waals surface area contributed by atoms with Crippen molar-refractivity contribution in [2.24, 2.45) is 0 Å². The fourth-order valence-corrected chi connectivity index (χ4v) is 4.92. The van der Waals surface area contributed by atoms with E-state index in [-0.39, 0.29) is 5.91 Å². The van der Waals surface area contributed by atoms with Gasteiger partial charge in [-0.25, -0.2) is 18.1 Å². The quantitative estimate of drug-likeness (QED) is 0.611. The molecule has 2 N–H and O–H groups in total. The van der Waals surface area contributed by atoms with Gasteiger partial charge < -0.3 is 9.47 Å². The minimum Gasteiger partial charge on any atom is -0.486 e. The van der Waals surface area contributed by atoms with E-state index in [9.17, 15) is 13.2 Å². The Morgan fingerprint density at radius 3 is 2.68 bits per heavy atom. The Hall–Kier alpha value is -2.21. The number of fused-ring (bicyclic) bond motifs is 2. The average molecular weight is 440 g/mol. The maximum Gasteiger partial charge on any atom is 0.267 e. The maximum atomic E-state index is 12.5. The zero-order valence-corrected chi connectivity index (χ0v) is 17.3. The minimum absolute atomic E-state index is 0.247. The van der Waals surface area contributed by atoms with Gasteiger partial charge in [0.15, 0.2) is 16.6 Å². The largest absolute Gasteiger partial charge is 0.486 e. The van der Waals surface area contributed by atoms with Gasteiger partial charge in [0.05, 0.1) is 21.3 Å². The van der Waals surface area contributed by atoms with Crippen LogP contribution < -0.4 is 19.5 Å². The highest BCUT2D eigenvalue weighted by molar-refractivity contribution is 7.88. The summed E-state index contributed by atoms with van der Waals surface area (Å²) in [5, 5.41) is 3.31. The summed E-state index contributed by atoms with van der Waals surface area (Å²) in [7, 11) is -3.21. The lowest BCUT2D eigenvalue weighted by molar-refractivity contribution is 0.103. The summed E-state index contributed by atoms with van der Waals surface area (Å²) in [4.78, 5) is 18.4. The first-order valence-corrected chi connectivity index (χ1v) is 11.9. The van der Waals surface area contributed by atoms with Crippen LogP contribution in [0.1, 0.15) is 14.5 Å². The predicted octanol–water partition coefficient (Wildman–Crippen LogP) is 2.47. The highest BCUT2D eigenvalue weighted by atomic mass is 32.2. The first-order valence-electron chi connectivity index (χ1n) is 8.42. The van der Waals surface area contributed by atoms with Gasteiger partial charge in [-0.3, -0.25) is 10.1 Å². The second kappa shape index (κ2) is 7.66. The maximum absolute atomic E-state index is 12.5. The molecule has 1 aliphatic rings. The fraction of sp³-hybridized carbons (Fsp3) is 0.294. The molecule has 0 aliphatic carbocycles. The number of hydrogen-bond acceptors (Lipinski definition) is 8. The highest BCUT2D eigenvalue weighted by Crippen LogP contribution is 2.38. The van der Waals surface area contributed by atoms with Crippen molar-refractivity contribution < 1.29 is 22.7 Å². The molecule has 8 nitrogen and oxygen atoms in total. The Morgan fingerprint density at radius 1 is 1.18 bits per heavy atom. The zero-order valence-electron chi connectivity index (χ0n) is 14.9. The van der Waals surface area contributed by atoms with E-state index in [1.54, 1.807) is 6.07 Å². The van der Waals surface area contributed by atoms with Gasteiger partial charge in [-0.1, -0.05) is 11.3 Å². The van der Waals surface area contributed by atoms with Crippen LogP contribution in [-0.2, 0) is 16.4 Å². The number of aromatic nitrogens is 1. The number of nitrogens with one attached hydrogen (secondary N) is 2. The standard InChI is InChI=1S/C17H17N3O5S3/c1-28(22,23)18-5-4-10-2-3-14(26-10)16(21)20-17-19-11-8-12-13(9-15(11)27-17)25-7-6-24-12/h2-3,8-9,18H,4-7H2,1H3,(H,19,20,21). The van der Waals surface area contributed by atoms with E-state index in [0.717, 1.165) is 21.3 Å². The molecule has 148 valence electrons. The van der Waals surface area contributed by atoms with E-state index in [1.807, 2.05) is 18.2 Å². The molecule has 11 heteroatoms. The number of amides is 1. The number of rotatable bonds is 6. The first kappa shape index (κ1) is 19.1. The number of anilines is 1. The highest BCUT2D eigenvalue weighted by Gasteiger charge is 2.17. The van der Waals surface area contributed by atoms with Crippen molar-refractivity contribution in [1.29, 1.82) is 0 Å². The number of hydrogen-bond donors (Lipinski definition) is 2. The van der Waals surface area contributed by atoms with Gasteiger partial charge in [0.2, 0.25) is 10.0 Å². The molecule has 0 bridgehead atoms. The topological polar surface area (TPSA) is 107 Å². The van der Waals surface area contributed by atoms with E-state index >= 15 is 0 Å². The zero-order chi connectivity index (χ0) is 19.7. The Balaban J connectivity index is 1.43. The van der Waals surface area contributed by atoms with Crippen LogP contribution >= 0.6 is 22.7 Å². The molecule has 0 unspecified atom stereocenters. The summed E-state index contributed by atoms with van der Waals surface area (Å²) in [5.74, 6) is 1.10. The summed E-state index contributed by atoms with van der Waals surface area (Å²) in [5.41, 5.74) is 0.739. The van der Waals surface area contributed by atoms with Crippen molar-refractivity contribution in [2.75, 3.05) is 31.3 Å². The number of carbonyl (C=O) groups excluding carboxylic acids is 1. The number of benzene rings is 1. The van der Waals surface area contributed by atoms with Crippen molar-refractivity contribution in [3.63, 3.8) is 0 Å². The summed E-state index contributed by atoms with van der Waals surface area (Å²) < 4.78 is 36.7. The molecule has 1 aromatic carbocycles. The number of nitrogens with zero attached hydrogens (tertiary/aromatic N) is 1. The third kappa shape index (κ3) is 4.43. The molecule has 3 aromatic rings. The van der Waals surface area contributed by atoms with Gasteiger partial charge in [-0.05, 0) is 18.6 Å². The van der Waals surface area contributed by atoms with Gasteiger partial charge in [0.25, 0.3) is 5.91 Å². The summed E-state index contributed by atoms with van der Waals surface area (Å²) in [6.07, 6.45) is 1.64. The third-order valence-electron chi connectivity index (χ3n) is 3.89. The molecule has 1 amide bonds. The van der Waals surface area contributed by atoms with Crippen molar-refractivity contribution in [2.45, 2.75) is 6.42 Å². The van der Waals surface area contributed by atoms with Crippen LogP contribution in [0.4, 0.5) is 5.13 Å². The SMILES string of the molecule is CS(=O)(=O)NCCc1ccc(C(=O)Nc2nc3cc4c(cc3s2)OCCO4)s1. The number of sulfonamides is 1. The second-order valence-corrected chi connectivity index (χ2v) is 10.2. The first-order chi connectivity index (χ1) is 13.4. The number of ether oxygens (including phenoxy) is 2. The van der Waals surface area contributed by atoms with E-state index in [0.29, 0.717) is 47.7 Å². The van der Waals surface area contributed by atoms with Crippen molar-refractivity contribution in [3.05, 3.63) is 34.0 Å². The lowest BCUT2D eigenvalue weighted by Gasteiger charge is -2.17. The Bertz CT molecular complexity index is 1090. The summed E-state index contributed by atoms with van der Waals surface area (Å²) in [6, 6.07) is 7.23. The molecule has 0 spiro atoms. The molecule has 1 aliphatic heterocycles. The second-order valence-electron chi connectivity index (χ2n) is 6.12. The molecular weight excluding hydrogens is 422 g/mol. The van der Waals surface area contributed by atoms with Gasteiger partial charge in [0, 0.05) is 23.6 Å². The van der Waals surface area contributed by atoms with Crippen LogP contribution in [0, 0.1) is 0 Å². The van der Waals surface area contributed by atoms with Gasteiger partial charge in [0.1, 0.15) is 13.2 Å². The fourth-order valence-electron chi connectivity index (χ4n) is 2.67. The van der Waals surface area contributed by atoms with Crippen molar-refractivity contribution in [3.8, 4) is 11.5 Å². The molecule has 28 heavy (non-hydrogen) atoms. The molecule has 0 fully saturated rings. The normalized spacial score (nSPS) is 13.6. The van der Waals surface area contributed by atoms with Gasteiger partial charge in [-0.15, -0.1) is 11.3 Å². The molecular formula is C17H17N3O5S3. The van der Waals surface area contributed by atoms with E-state index in [1.165, 1.54) is 22.7 Å². The lowest BCUT2D eigenvalue weighted by atomic mass is 10.3. The van der Waals surface area contributed by atoms with Crippen LogP contribution in [0.5, 0.6) is 11.5 Å². The Labute approximate surface area is 169 Å². The molecule has 3 heterocycles. The monoisotopic (exact) mass is 439 g/mol. The van der Waals surface area contributed by atoms with Crippen LogP contribution in [-0.4, -0.2) is 45.3 Å². The van der Waals surface area contributed by atoms with Crippen LogP contribution in [0.2, 0.25) is 0 Å². The van der Waals surface area contributed by atoms with Crippen molar-refractivity contribution >= 4 is 54.0 Å². The molecule has 0 atom stereocenters. The number of thiophene rings is 1. The molecule has 0 saturated carbocycles. The number of thiazole rings is 1. The van der Waals surface area contributed by atoms with E-state index < -0.39 is 10.0 Å². The lowest BCUT2D eigenvalue weighted by Crippen LogP contribution is -2.24. The Kier molecular flexibility index (Phi) is 5.23. The summed E-state index contributed by atoms with van der Waals surface area (Å²) >= 11 is 2.69.